The summed E-state index contributed by atoms with van der Waals surface area (Å²) in [7, 11) is 0. The highest BCUT2D eigenvalue weighted by atomic mass is 19.4. The molecule has 1 unspecified atom stereocenters. The molecule has 3 rings (SSSR count). The van der Waals surface area contributed by atoms with Gasteiger partial charge in [-0.25, -0.2) is 0 Å². The Hall–Kier alpha value is -2.82. The molecule has 3 aromatic rings. The number of hydrogen-bond donors (Lipinski definition) is 1. The predicted octanol–water partition coefficient (Wildman–Crippen LogP) is 5.28. The number of halogens is 3. The Morgan fingerprint density at radius 3 is 2.42 bits per heavy atom. The topological polar surface area (TPSA) is 29.1 Å². The zero-order chi connectivity index (χ0) is 18.7. The Bertz CT molecular complexity index is 934. The van der Waals surface area contributed by atoms with E-state index in [0.717, 1.165) is 28.5 Å². The van der Waals surface area contributed by atoms with Gasteiger partial charge in [0.2, 0.25) is 5.91 Å². The first-order valence-electron chi connectivity index (χ1n) is 8.27. The molecule has 26 heavy (non-hydrogen) atoms. The Labute approximate surface area is 149 Å². The molecule has 0 bridgehead atoms. The highest BCUT2D eigenvalue weighted by molar-refractivity contribution is 5.83. The van der Waals surface area contributed by atoms with Crippen molar-refractivity contribution in [3.8, 4) is 0 Å². The van der Waals surface area contributed by atoms with Gasteiger partial charge >= 0.3 is 6.18 Å². The maximum atomic E-state index is 12.8. The third kappa shape index (κ3) is 4.23. The number of hydrogen-bond acceptors (Lipinski definition) is 1. The lowest BCUT2D eigenvalue weighted by molar-refractivity contribution is -0.137. The van der Waals surface area contributed by atoms with Crippen LogP contribution in [0.15, 0.2) is 66.7 Å². The highest BCUT2D eigenvalue weighted by Crippen LogP contribution is 2.29. The van der Waals surface area contributed by atoms with Gasteiger partial charge < -0.3 is 5.32 Å². The minimum absolute atomic E-state index is 0.0954. The Kier molecular flexibility index (Phi) is 4.98. The van der Waals surface area contributed by atoms with E-state index in [1.54, 1.807) is 0 Å². The fourth-order valence-electron chi connectivity index (χ4n) is 2.90. The van der Waals surface area contributed by atoms with Crippen molar-refractivity contribution < 1.29 is 18.0 Å². The first-order chi connectivity index (χ1) is 12.3. The van der Waals surface area contributed by atoms with Crippen molar-refractivity contribution in [3.63, 3.8) is 0 Å². The third-order valence-corrected chi connectivity index (χ3v) is 4.27. The standard InChI is InChI=1S/C21H18F3NO/c1-14(17-10-9-16-6-2-3-7-18(16)13-17)25-20(26)12-15-5-4-8-19(11-15)21(22,23)24/h2-11,13-14H,12H2,1H3,(H,25,26). The predicted molar refractivity (Wildman–Crippen MR) is 95.7 cm³/mol. The summed E-state index contributed by atoms with van der Waals surface area (Å²) in [5, 5.41) is 5.03. The minimum atomic E-state index is -4.41. The van der Waals surface area contributed by atoms with Crippen molar-refractivity contribution in [2.45, 2.75) is 25.6 Å². The van der Waals surface area contributed by atoms with E-state index in [1.165, 1.54) is 12.1 Å². The van der Waals surface area contributed by atoms with Crippen molar-refractivity contribution in [1.82, 2.24) is 5.32 Å². The lowest BCUT2D eigenvalue weighted by Gasteiger charge is -2.15. The van der Waals surface area contributed by atoms with Gasteiger partial charge in [0.1, 0.15) is 0 Å². The molecule has 134 valence electrons. The second-order valence-electron chi connectivity index (χ2n) is 6.27. The molecule has 0 aliphatic rings. The zero-order valence-corrected chi connectivity index (χ0v) is 14.2. The SMILES string of the molecule is CC(NC(=O)Cc1cccc(C(F)(F)F)c1)c1ccc2ccccc2c1. The molecular weight excluding hydrogens is 339 g/mol. The fraction of sp³-hybridized carbons (Fsp3) is 0.190. The largest absolute Gasteiger partial charge is 0.416 e. The molecule has 0 aliphatic carbocycles. The molecule has 0 fully saturated rings. The first-order valence-corrected chi connectivity index (χ1v) is 8.27. The summed E-state index contributed by atoms with van der Waals surface area (Å²) in [6.07, 6.45) is -4.51. The van der Waals surface area contributed by atoms with Gasteiger partial charge in [-0.15, -0.1) is 0 Å². The monoisotopic (exact) mass is 357 g/mol. The summed E-state index contributed by atoms with van der Waals surface area (Å²) in [4.78, 5) is 12.2. The molecule has 5 heteroatoms. The van der Waals surface area contributed by atoms with Gasteiger partial charge in [0, 0.05) is 0 Å². The molecule has 0 aromatic heterocycles. The molecule has 2 nitrogen and oxygen atoms in total. The Morgan fingerprint density at radius 2 is 1.69 bits per heavy atom. The van der Waals surface area contributed by atoms with Gasteiger partial charge in [-0.3, -0.25) is 4.79 Å². The van der Waals surface area contributed by atoms with Crippen molar-refractivity contribution in [2.24, 2.45) is 0 Å². The van der Waals surface area contributed by atoms with E-state index in [-0.39, 0.29) is 18.4 Å². The van der Waals surface area contributed by atoms with Crippen LogP contribution in [0.2, 0.25) is 0 Å². The van der Waals surface area contributed by atoms with Crippen LogP contribution in [0.5, 0.6) is 0 Å². The maximum Gasteiger partial charge on any atom is 0.416 e. The van der Waals surface area contributed by atoms with Crippen LogP contribution < -0.4 is 5.32 Å². The highest BCUT2D eigenvalue weighted by Gasteiger charge is 2.30. The molecule has 0 radical (unpaired) electrons. The second kappa shape index (κ2) is 7.20. The number of nitrogens with one attached hydrogen (secondary N) is 1. The second-order valence-corrected chi connectivity index (χ2v) is 6.27. The smallest absolute Gasteiger partial charge is 0.349 e. The molecule has 1 amide bonds. The first kappa shape index (κ1) is 18.0. The van der Waals surface area contributed by atoms with Gasteiger partial charge in [0.25, 0.3) is 0 Å². The van der Waals surface area contributed by atoms with Gasteiger partial charge in [0.15, 0.2) is 0 Å². The number of rotatable bonds is 4. The number of fused-ring (bicyclic) bond motifs is 1. The van der Waals surface area contributed by atoms with Crippen LogP contribution in [0.25, 0.3) is 10.8 Å². The summed E-state index contributed by atoms with van der Waals surface area (Å²) in [6.45, 7) is 1.86. The van der Waals surface area contributed by atoms with Crippen LogP contribution in [-0.2, 0) is 17.4 Å². The maximum absolute atomic E-state index is 12.8. The number of benzene rings is 3. The Morgan fingerprint density at radius 1 is 0.962 bits per heavy atom. The normalized spacial score (nSPS) is 12.8. The van der Waals surface area contributed by atoms with Gasteiger partial charge in [0.05, 0.1) is 18.0 Å². The van der Waals surface area contributed by atoms with Crippen LogP contribution in [0.1, 0.15) is 29.7 Å². The zero-order valence-electron chi connectivity index (χ0n) is 14.2. The van der Waals surface area contributed by atoms with E-state index in [2.05, 4.69) is 5.32 Å². The van der Waals surface area contributed by atoms with E-state index in [9.17, 15) is 18.0 Å². The van der Waals surface area contributed by atoms with Crippen molar-refractivity contribution in [2.75, 3.05) is 0 Å². The summed E-state index contributed by atoms with van der Waals surface area (Å²) in [5.74, 6) is -0.315. The quantitative estimate of drug-likeness (QED) is 0.676. The van der Waals surface area contributed by atoms with E-state index in [1.807, 2.05) is 49.4 Å². The van der Waals surface area contributed by atoms with Crippen molar-refractivity contribution in [3.05, 3.63) is 83.4 Å². The van der Waals surface area contributed by atoms with Gasteiger partial charge in [-0.2, -0.15) is 13.2 Å². The summed E-state index contributed by atoms with van der Waals surface area (Å²) < 4.78 is 38.3. The van der Waals surface area contributed by atoms with Crippen molar-refractivity contribution >= 4 is 16.7 Å². The molecular formula is C21H18F3NO. The van der Waals surface area contributed by atoms with Crippen LogP contribution in [-0.4, -0.2) is 5.91 Å². The molecule has 1 N–H and O–H groups in total. The molecule has 0 aliphatic heterocycles. The number of carbonyl (C=O) groups excluding carboxylic acids is 1. The lowest BCUT2D eigenvalue weighted by Crippen LogP contribution is -2.28. The van der Waals surface area contributed by atoms with Gasteiger partial charge in [-0.1, -0.05) is 54.6 Å². The summed E-state index contributed by atoms with van der Waals surface area (Å²) in [6, 6.07) is 18.5. The van der Waals surface area contributed by atoms with E-state index < -0.39 is 11.7 Å². The number of amides is 1. The Balaban J connectivity index is 1.69. The van der Waals surface area contributed by atoms with Gasteiger partial charge in [-0.05, 0) is 41.0 Å². The van der Waals surface area contributed by atoms with E-state index >= 15 is 0 Å². The van der Waals surface area contributed by atoms with E-state index in [4.69, 9.17) is 0 Å². The molecule has 0 heterocycles. The fourth-order valence-corrected chi connectivity index (χ4v) is 2.90. The number of alkyl halides is 3. The minimum Gasteiger partial charge on any atom is -0.349 e. The third-order valence-electron chi connectivity index (χ3n) is 4.27. The molecule has 3 aromatic carbocycles. The van der Waals surface area contributed by atoms with Crippen LogP contribution in [0.4, 0.5) is 13.2 Å². The number of carbonyl (C=O) groups is 1. The van der Waals surface area contributed by atoms with Crippen LogP contribution in [0, 0.1) is 0 Å². The average Bonchev–Trinajstić information content (AvgIpc) is 2.60. The summed E-state index contributed by atoms with van der Waals surface area (Å²) in [5.41, 5.74) is 0.537. The van der Waals surface area contributed by atoms with Crippen LogP contribution in [0.3, 0.4) is 0 Å². The summed E-state index contributed by atoms with van der Waals surface area (Å²) >= 11 is 0. The van der Waals surface area contributed by atoms with Crippen LogP contribution >= 0.6 is 0 Å². The van der Waals surface area contributed by atoms with E-state index in [0.29, 0.717) is 5.56 Å². The molecule has 1 atom stereocenters. The molecule has 0 saturated carbocycles. The lowest BCUT2D eigenvalue weighted by atomic mass is 10.0. The average molecular weight is 357 g/mol. The molecule has 0 saturated heterocycles. The van der Waals surface area contributed by atoms with Crippen molar-refractivity contribution in [1.29, 1.82) is 0 Å². The molecule has 0 spiro atoms.